The summed E-state index contributed by atoms with van der Waals surface area (Å²) in [5.41, 5.74) is -0.529. The van der Waals surface area contributed by atoms with Gasteiger partial charge in [0.05, 0.1) is 11.0 Å². The second-order valence-electron chi connectivity index (χ2n) is 3.25. The van der Waals surface area contributed by atoms with E-state index in [1.165, 1.54) is 12.1 Å². The van der Waals surface area contributed by atoms with Crippen molar-refractivity contribution in [2.24, 2.45) is 0 Å². The van der Waals surface area contributed by atoms with Crippen LogP contribution < -0.4 is 4.74 Å². The maximum Gasteiger partial charge on any atom is 0.314 e. The lowest BCUT2D eigenvalue weighted by molar-refractivity contribution is -0.385. The third kappa shape index (κ3) is 2.34. The van der Waals surface area contributed by atoms with Gasteiger partial charge in [-0.3, -0.25) is 14.9 Å². The predicted octanol–water partition coefficient (Wildman–Crippen LogP) is 2.93. The van der Waals surface area contributed by atoms with Gasteiger partial charge in [0.1, 0.15) is 5.82 Å². The smallest absolute Gasteiger partial charge is 0.314 e. The van der Waals surface area contributed by atoms with Gasteiger partial charge in [-0.2, -0.15) is 0 Å². The van der Waals surface area contributed by atoms with E-state index in [1.54, 1.807) is 0 Å². The average molecular weight is 251 g/mol. The molecule has 6 nitrogen and oxygen atoms in total. The second kappa shape index (κ2) is 4.66. The lowest BCUT2D eigenvalue weighted by Crippen LogP contribution is -1.93. The number of ether oxygens (including phenoxy) is 1. The molecule has 0 fully saturated rings. The first-order chi connectivity index (χ1) is 8.60. The molecule has 0 atom stereocenters. The molecule has 1 heterocycles. The number of carbonyl (C=O) groups is 1. The summed E-state index contributed by atoms with van der Waals surface area (Å²) in [5, 5.41) is 10.7. The van der Waals surface area contributed by atoms with Gasteiger partial charge in [-0.25, -0.2) is 4.39 Å². The van der Waals surface area contributed by atoms with Gasteiger partial charge >= 0.3 is 5.69 Å². The van der Waals surface area contributed by atoms with Crippen molar-refractivity contribution < 1.29 is 23.3 Å². The number of nitro benzene ring substituents is 1. The lowest BCUT2D eigenvalue weighted by atomic mass is 10.3. The van der Waals surface area contributed by atoms with Gasteiger partial charge < -0.3 is 9.15 Å². The first-order valence-corrected chi connectivity index (χ1v) is 4.77. The van der Waals surface area contributed by atoms with E-state index in [-0.39, 0.29) is 17.5 Å². The summed E-state index contributed by atoms with van der Waals surface area (Å²) in [5.74, 6) is -0.989. The van der Waals surface area contributed by atoms with Crippen molar-refractivity contribution in [3.8, 4) is 11.7 Å². The fourth-order valence-corrected chi connectivity index (χ4v) is 1.28. The normalized spacial score (nSPS) is 10.1. The van der Waals surface area contributed by atoms with Crippen LogP contribution in [-0.2, 0) is 0 Å². The molecule has 2 rings (SSSR count). The maximum atomic E-state index is 12.9. The standard InChI is InChI=1S/C11H6FNO5/c12-7-1-3-10(9(5-7)13(15)16)18-11-4-2-8(6-14)17-11/h1-6H. The number of carbonyl (C=O) groups excluding carboxylic acids is 1. The summed E-state index contributed by atoms with van der Waals surface area (Å²) < 4.78 is 22.8. The number of furan rings is 1. The number of aldehydes is 1. The summed E-state index contributed by atoms with van der Waals surface area (Å²) in [6.07, 6.45) is 0.464. The molecule has 0 aliphatic heterocycles. The molecule has 0 amide bonds. The molecule has 0 unspecified atom stereocenters. The third-order valence-corrected chi connectivity index (χ3v) is 2.05. The number of nitro groups is 1. The Morgan fingerprint density at radius 1 is 1.33 bits per heavy atom. The highest BCUT2D eigenvalue weighted by atomic mass is 19.1. The quantitative estimate of drug-likeness (QED) is 0.474. The minimum absolute atomic E-state index is 0.0229. The van der Waals surface area contributed by atoms with Crippen LogP contribution in [0.1, 0.15) is 10.6 Å². The topological polar surface area (TPSA) is 82.6 Å². The molecule has 1 aromatic heterocycles. The number of halogens is 1. The first-order valence-electron chi connectivity index (χ1n) is 4.77. The Morgan fingerprint density at radius 2 is 2.11 bits per heavy atom. The molecule has 0 aliphatic rings. The average Bonchev–Trinajstić information content (AvgIpc) is 2.79. The van der Waals surface area contributed by atoms with E-state index in [4.69, 9.17) is 9.15 Å². The molecule has 1 aromatic carbocycles. The van der Waals surface area contributed by atoms with Gasteiger partial charge in [-0.05, 0) is 18.2 Å². The van der Waals surface area contributed by atoms with Gasteiger partial charge in [-0.1, -0.05) is 0 Å². The van der Waals surface area contributed by atoms with E-state index in [1.807, 2.05) is 0 Å². The minimum atomic E-state index is -0.776. The SMILES string of the molecule is O=Cc1ccc(Oc2ccc(F)cc2[N+](=O)[O-])o1. The minimum Gasteiger partial charge on any atom is -0.422 e. The molecule has 2 aromatic rings. The zero-order chi connectivity index (χ0) is 13.1. The van der Waals surface area contributed by atoms with E-state index in [2.05, 4.69) is 0 Å². The molecule has 18 heavy (non-hydrogen) atoms. The van der Waals surface area contributed by atoms with Gasteiger partial charge in [0.25, 0.3) is 5.95 Å². The third-order valence-electron chi connectivity index (χ3n) is 2.05. The molecular weight excluding hydrogens is 245 g/mol. The summed E-state index contributed by atoms with van der Waals surface area (Å²) in [6.45, 7) is 0. The van der Waals surface area contributed by atoms with Crippen molar-refractivity contribution in [1.29, 1.82) is 0 Å². The highest BCUT2D eigenvalue weighted by Crippen LogP contribution is 2.32. The van der Waals surface area contributed by atoms with E-state index >= 15 is 0 Å². The van der Waals surface area contributed by atoms with Crippen LogP contribution in [0.25, 0.3) is 0 Å². The Morgan fingerprint density at radius 3 is 2.72 bits per heavy atom. The summed E-state index contributed by atoms with van der Waals surface area (Å²) in [6, 6.07) is 5.54. The van der Waals surface area contributed by atoms with Crippen molar-refractivity contribution in [3.63, 3.8) is 0 Å². The highest BCUT2D eigenvalue weighted by molar-refractivity contribution is 5.70. The fourth-order valence-electron chi connectivity index (χ4n) is 1.28. The number of hydrogen-bond acceptors (Lipinski definition) is 5. The number of hydrogen-bond donors (Lipinski definition) is 0. The van der Waals surface area contributed by atoms with Crippen molar-refractivity contribution in [2.75, 3.05) is 0 Å². The number of nitrogens with zero attached hydrogens (tertiary/aromatic N) is 1. The molecule has 0 bridgehead atoms. The molecule has 0 N–H and O–H groups in total. The van der Waals surface area contributed by atoms with Crippen LogP contribution in [0.5, 0.6) is 11.7 Å². The van der Waals surface area contributed by atoms with Crippen molar-refractivity contribution in [3.05, 3.63) is 52.0 Å². The summed E-state index contributed by atoms with van der Waals surface area (Å²) in [7, 11) is 0. The van der Waals surface area contributed by atoms with E-state index in [0.717, 1.165) is 18.2 Å². The molecule has 0 saturated heterocycles. The van der Waals surface area contributed by atoms with Gasteiger partial charge in [0.2, 0.25) is 5.75 Å². The van der Waals surface area contributed by atoms with Crippen LogP contribution in [0.3, 0.4) is 0 Å². The highest BCUT2D eigenvalue weighted by Gasteiger charge is 2.18. The zero-order valence-electron chi connectivity index (χ0n) is 8.83. The van der Waals surface area contributed by atoms with Crippen LogP contribution in [0.15, 0.2) is 34.7 Å². The van der Waals surface area contributed by atoms with E-state index in [9.17, 15) is 19.3 Å². The van der Waals surface area contributed by atoms with Crippen molar-refractivity contribution in [1.82, 2.24) is 0 Å². The Bertz CT molecular complexity index is 607. The first kappa shape index (κ1) is 11.8. The van der Waals surface area contributed by atoms with E-state index < -0.39 is 16.4 Å². The molecular formula is C11H6FNO5. The number of rotatable bonds is 4. The second-order valence-corrected chi connectivity index (χ2v) is 3.25. The van der Waals surface area contributed by atoms with Crippen LogP contribution in [0.2, 0.25) is 0 Å². The Kier molecular flexibility index (Phi) is 3.05. The van der Waals surface area contributed by atoms with Crippen molar-refractivity contribution in [2.45, 2.75) is 0 Å². The van der Waals surface area contributed by atoms with Crippen LogP contribution in [0, 0.1) is 15.9 Å². The molecule has 0 aliphatic carbocycles. The van der Waals surface area contributed by atoms with Gasteiger partial charge in [0, 0.05) is 6.07 Å². The molecule has 0 radical (unpaired) electrons. The Hall–Kier alpha value is -2.70. The number of benzene rings is 1. The van der Waals surface area contributed by atoms with Crippen LogP contribution >= 0.6 is 0 Å². The Balaban J connectivity index is 2.33. The maximum absolute atomic E-state index is 12.9. The monoisotopic (exact) mass is 251 g/mol. The summed E-state index contributed by atoms with van der Waals surface area (Å²) in [4.78, 5) is 20.3. The predicted molar refractivity (Wildman–Crippen MR) is 57.2 cm³/mol. The molecule has 7 heteroatoms. The summed E-state index contributed by atoms with van der Waals surface area (Å²) >= 11 is 0. The fraction of sp³-hybridized carbons (Fsp3) is 0. The van der Waals surface area contributed by atoms with Gasteiger partial charge in [0.15, 0.2) is 12.0 Å². The van der Waals surface area contributed by atoms with Crippen molar-refractivity contribution >= 4 is 12.0 Å². The molecule has 0 spiro atoms. The van der Waals surface area contributed by atoms with Gasteiger partial charge in [-0.15, -0.1) is 0 Å². The molecule has 92 valence electrons. The zero-order valence-corrected chi connectivity index (χ0v) is 8.83. The van der Waals surface area contributed by atoms with E-state index in [0.29, 0.717) is 6.29 Å². The Labute approximate surface area is 99.7 Å². The van der Waals surface area contributed by atoms with Crippen LogP contribution in [0.4, 0.5) is 10.1 Å². The largest absolute Gasteiger partial charge is 0.422 e. The van der Waals surface area contributed by atoms with Crippen LogP contribution in [-0.4, -0.2) is 11.2 Å². The lowest BCUT2D eigenvalue weighted by Gasteiger charge is -2.02. The molecule has 0 saturated carbocycles.